The third-order valence-corrected chi connectivity index (χ3v) is 14.9. The van der Waals surface area contributed by atoms with Crippen molar-refractivity contribution in [2.24, 2.45) is 5.11 Å². The lowest BCUT2D eigenvalue weighted by molar-refractivity contribution is -0.285. The molecule has 0 radical (unpaired) electrons. The van der Waals surface area contributed by atoms with Crippen LogP contribution in [0.5, 0.6) is 5.75 Å². The summed E-state index contributed by atoms with van der Waals surface area (Å²) in [6, 6.07) is 10.7. The maximum atomic E-state index is 13.3. The van der Waals surface area contributed by atoms with Crippen molar-refractivity contribution >= 4 is 80.7 Å². The van der Waals surface area contributed by atoms with Crippen LogP contribution in [0.3, 0.4) is 0 Å². The Kier molecular flexibility index (Phi) is 21.7. The number of nitrogens with one attached hydrogen (secondary N) is 6. The number of carboxylic acids is 1. The topological polar surface area (TPSA) is 343 Å². The summed E-state index contributed by atoms with van der Waals surface area (Å²) in [6.45, 7) is 0.359. The predicted octanol–water partition coefficient (Wildman–Crippen LogP) is 2.40. The number of phenols is 1. The molecule has 0 saturated carbocycles. The number of urea groups is 1. The molecule has 5 rings (SSSR count). The molecule has 0 aromatic heterocycles. The molecule has 0 bridgehead atoms. The normalized spacial score (nSPS) is 23.5. The highest BCUT2D eigenvalue weighted by Crippen LogP contribution is 2.33. The SMILES string of the molecule is [N-]=[N+]=Nc1ccc(C(=O)NC(CCCCNC(=O)CCCCC2SCC3NC(=O)NC32)C(=O)NCCSSCCC(=O)NC[C@H]2O[C@@H](O/C(=C\c3ccc(O)cc3)C(=O)O)[C@H](O)[C@@H](O)[C@H]2O)cc1. The van der Waals surface area contributed by atoms with E-state index in [0.29, 0.717) is 60.2 Å². The Morgan fingerprint density at radius 2 is 1.63 bits per heavy atom. The average Bonchev–Trinajstić information content (AvgIpc) is 3.88. The number of thioether (sulfide) groups is 1. The van der Waals surface area contributed by atoms with Crippen molar-refractivity contribution in [1.29, 1.82) is 0 Å². The average molecular weight is 1000 g/mol. The van der Waals surface area contributed by atoms with Gasteiger partial charge < -0.3 is 66.9 Å². The molecule has 370 valence electrons. The molecular weight excluding hydrogens is 947 g/mol. The first-order chi connectivity index (χ1) is 32.7. The van der Waals surface area contributed by atoms with Gasteiger partial charge in [-0.15, -0.1) is 0 Å². The Morgan fingerprint density at radius 3 is 2.37 bits per heavy atom. The van der Waals surface area contributed by atoms with E-state index < -0.39 is 66.2 Å². The van der Waals surface area contributed by atoms with E-state index in [0.717, 1.165) is 31.1 Å². The Hall–Kier alpha value is -5.40. The molecule has 22 nitrogen and oxygen atoms in total. The molecule has 2 aromatic carbocycles. The molecule has 3 aliphatic rings. The zero-order valence-corrected chi connectivity index (χ0v) is 39.3. The minimum Gasteiger partial charge on any atom is -0.508 e. The number of rotatable bonds is 27. The number of amides is 6. The van der Waals surface area contributed by atoms with E-state index in [2.05, 4.69) is 41.9 Å². The van der Waals surface area contributed by atoms with Crippen molar-refractivity contribution in [2.45, 2.75) is 105 Å². The number of unbranched alkanes of at least 4 members (excludes halogenated alkanes) is 2. The first-order valence-electron chi connectivity index (χ1n) is 22.0. The Labute approximate surface area is 403 Å². The number of nitrogens with zero attached hydrogens (tertiary/aromatic N) is 3. The van der Waals surface area contributed by atoms with Gasteiger partial charge in [0, 0.05) is 71.1 Å². The molecule has 68 heavy (non-hydrogen) atoms. The van der Waals surface area contributed by atoms with Crippen LogP contribution in [0.4, 0.5) is 10.5 Å². The van der Waals surface area contributed by atoms with Gasteiger partial charge in [0.1, 0.15) is 36.2 Å². The van der Waals surface area contributed by atoms with E-state index in [1.165, 1.54) is 70.1 Å². The first kappa shape index (κ1) is 53.6. The third kappa shape index (κ3) is 17.0. The van der Waals surface area contributed by atoms with E-state index in [1.54, 1.807) is 0 Å². The van der Waals surface area contributed by atoms with E-state index in [9.17, 15) is 54.3 Å². The van der Waals surface area contributed by atoms with Gasteiger partial charge in [-0.25, -0.2) is 9.59 Å². The minimum absolute atomic E-state index is 0.0446. The summed E-state index contributed by atoms with van der Waals surface area (Å²) in [7, 11) is 2.77. The number of aliphatic hydroxyl groups is 3. The molecule has 6 amide bonds. The standard InChI is InChI=1S/C43H57N9O13S3/c44-52-51-26-12-10-25(11-13-26)39(59)48-28(5-3-4-17-45-33(54)7-2-1-6-32-35-29(23-66-32)49-43(63)50-35)40(60)46-18-20-68-67-19-16-34(55)47-22-31-36(56)37(57)38(58)42(65-31)64-30(41(61)62)21-24-8-14-27(53)15-9-24/h8-15,21,28-29,31-32,35-38,42,53,56-58H,1-7,16-20,22-23H2,(H,45,54)(H,46,60)(H,47,55)(H,48,59)(H,61,62)(H2,49,50,63)/b30-21-/t28?,29?,31-,32?,35?,36+,37+,38-,42-/m1/s1. The quantitative estimate of drug-likeness (QED) is 0.00895. The van der Waals surface area contributed by atoms with Crippen molar-refractivity contribution < 1.29 is 63.8 Å². The van der Waals surface area contributed by atoms with Crippen LogP contribution in [0.25, 0.3) is 16.5 Å². The first-order valence-corrected chi connectivity index (χ1v) is 25.6. The molecule has 0 spiro atoms. The molecule has 3 fully saturated rings. The number of hydrogen-bond acceptors (Lipinski definition) is 16. The number of carboxylic acid groups (broad SMARTS) is 1. The number of ether oxygens (including phenoxy) is 2. The lowest BCUT2D eigenvalue weighted by Crippen LogP contribution is -2.60. The van der Waals surface area contributed by atoms with Gasteiger partial charge in [-0.3, -0.25) is 19.2 Å². The largest absolute Gasteiger partial charge is 0.508 e. The number of aromatic hydroxyl groups is 1. The number of aliphatic hydroxyl groups excluding tert-OH is 3. The van der Waals surface area contributed by atoms with Gasteiger partial charge in [0.15, 0.2) is 0 Å². The number of carbonyl (C=O) groups excluding carboxylic acids is 5. The van der Waals surface area contributed by atoms with Gasteiger partial charge in [0.25, 0.3) is 5.91 Å². The lowest BCUT2D eigenvalue weighted by atomic mass is 9.98. The fourth-order valence-corrected chi connectivity index (χ4v) is 10.8. The van der Waals surface area contributed by atoms with Crippen molar-refractivity contribution in [3.8, 4) is 5.75 Å². The number of fused-ring (bicyclic) bond motifs is 1. The minimum atomic E-state index is -1.83. The second-order valence-corrected chi connectivity index (χ2v) is 20.0. The number of phenolic OH excluding ortho intramolecular Hbond substituents is 1. The van der Waals surface area contributed by atoms with E-state index in [4.69, 9.17) is 15.0 Å². The molecule has 3 heterocycles. The monoisotopic (exact) mass is 1000 g/mol. The van der Waals surface area contributed by atoms with Crippen LogP contribution in [-0.4, -0.2) is 152 Å². The maximum Gasteiger partial charge on any atom is 0.371 e. The predicted molar refractivity (Wildman–Crippen MR) is 254 cm³/mol. The second-order valence-electron chi connectivity index (χ2n) is 16.0. The second kappa shape index (κ2) is 27.6. The van der Waals surface area contributed by atoms with E-state index in [1.807, 2.05) is 11.8 Å². The van der Waals surface area contributed by atoms with Crippen LogP contribution in [0.2, 0.25) is 0 Å². The number of carbonyl (C=O) groups is 6. The third-order valence-electron chi connectivity index (χ3n) is 11.0. The molecule has 11 N–H and O–H groups in total. The Morgan fingerprint density at radius 1 is 0.897 bits per heavy atom. The van der Waals surface area contributed by atoms with Crippen LogP contribution in [0.15, 0.2) is 59.4 Å². The molecule has 2 aromatic rings. The maximum absolute atomic E-state index is 13.3. The molecular formula is C43H57N9O13S3. The van der Waals surface area contributed by atoms with Gasteiger partial charge in [-0.2, -0.15) is 11.8 Å². The highest BCUT2D eigenvalue weighted by atomic mass is 33.1. The van der Waals surface area contributed by atoms with Crippen LogP contribution in [-0.2, 0) is 28.7 Å². The van der Waals surface area contributed by atoms with Crippen LogP contribution in [0, 0.1) is 0 Å². The van der Waals surface area contributed by atoms with Crippen molar-refractivity contribution in [2.75, 3.05) is 36.9 Å². The fourth-order valence-electron chi connectivity index (χ4n) is 7.38. The highest BCUT2D eigenvalue weighted by Gasteiger charge is 2.46. The fraction of sp³-hybridized carbons (Fsp3) is 0.535. The van der Waals surface area contributed by atoms with Gasteiger partial charge in [-0.1, -0.05) is 57.4 Å². The zero-order chi connectivity index (χ0) is 49.0. The van der Waals surface area contributed by atoms with Gasteiger partial charge in [0.05, 0.1) is 12.1 Å². The van der Waals surface area contributed by atoms with Crippen LogP contribution >= 0.6 is 33.3 Å². The van der Waals surface area contributed by atoms with E-state index >= 15 is 0 Å². The van der Waals surface area contributed by atoms with Crippen LogP contribution in [0.1, 0.15) is 67.3 Å². The summed E-state index contributed by atoms with van der Waals surface area (Å²) in [5.41, 5.74) is 9.62. The number of aliphatic carboxylic acids is 1. The van der Waals surface area contributed by atoms with E-state index in [-0.39, 0.29) is 54.8 Å². The highest BCUT2D eigenvalue weighted by molar-refractivity contribution is 8.76. The van der Waals surface area contributed by atoms with Crippen LogP contribution < -0.4 is 31.9 Å². The summed E-state index contributed by atoms with van der Waals surface area (Å²) in [5, 5.41) is 71.4. The van der Waals surface area contributed by atoms with Gasteiger partial charge in [-0.05, 0) is 73.5 Å². The summed E-state index contributed by atoms with van der Waals surface area (Å²) < 4.78 is 10.9. The lowest BCUT2D eigenvalue weighted by Gasteiger charge is -2.40. The summed E-state index contributed by atoms with van der Waals surface area (Å²) >= 11 is 1.84. The molecule has 25 heteroatoms. The summed E-state index contributed by atoms with van der Waals surface area (Å²) in [6.07, 6.45) is -2.77. The number of benzene rings is 2. The molecule has 3 saturated heterocycles. The zero-order valence-electron chi connectivity index (χ0n) is 36.9. The molecule has 4 unspecified atom stereocenters. The number of hydrogen-bond donors (Lipinski definition) is 11. The summed E-state index contributed by atoms with van der Waals surface area (Å²) in [4.78, 5) is 77.8. The molecule has 9 atom stereocenters. The van der Waals surface area contributed by atoms with Crippen molar-refractivity contribution in [1.82, 2.24) is 31.9 Å². The van der Waals surface area contributed by atoms with Gasteiger partial charge in [0.2, 0.25) is 29.8 Å². The van der Waals surface area contributed by atoms with Gasteiger partial charge >= 0.3 is 12.0 Å². The number of azide groups is 1. The van der Waals surface area contributed by atoms with Crippen molar-refractivity contribution in [3.63, 3.8) is 0 Å². The van der Waals surface area contributed by atoms with Crippen molar-refractivity contribution in [3.05, 3.63) is 75.9 Å². The smallest absolute Gasteiger partial charge is 0.371 e. The molecule has 0 aliphatic carbocycles. The Balaban J connectivity index is 0.983. The summed E-state index contributed by atoms with van der Waals surface area (Å²) in [5.74, 6) is -1.87. The molecule has 3 aliphatic heterocycles. The Bertz CT molecular complexity index is 2120.